The number of nitrogens with two attached hydrogens (primary N) is 1. The number of aliphatic hydroxyl groups excluding tert-OH is 1. The van der Waals surface area contributed by atoms with E-state index in [-0.39, 0.29) is 26.1 Å². The van der Waals surface area contributed by atoms with Gasteiger partial charge in [0, 0.05) is 13.1 Å². The van der Waals surface area contributed by atoms with E-state index in [0.717, 1.165) is 4.90 Å². The molecule has 0 saturated carbocycles. The second kappa shape index (κ2) is 14.8. The van der Waals surface area contributed by atoms with Crippen molar-refractivity contribution in [3.63, 3.8) is 0 Å². The summed E-state index contributed by atoms with van der Waals surface area (Å²) in [4.78, 5) is 63.9. The maximum Gasteiger partial charge on any atom is 0.408 e. The Kier molecular flexibility index (Phi) is 12.5. The molecule has 4 amide bonds. The van der Waals surface area contributed by atoms with Gasteiger partial charge in [0.25, 0.3) is 0 Å². The SMILES string of the molecule is CCOC(=O)CCNC(=O)C(c1ccccc1C)N(CCO)C(=O)C(CC(N)=O)NC(=O)OC(C)(C)C. The first-order valence-corrected chi connectivity index (χ1v) is 12.0. The monoisotopic (exact) mass is 522 g/mol. The van der Waals surface area contributed by atoms with Crippen molar-refractivity contribution in [1.82, 2.24) is 15.5 Å². The Bertz CT molecular complexity index is 960. The van der Waals surface area contributed by atoms with E-state index in [1.54, 1.807) is 58.9 Å². The molecule has 1 rings (SSSR count). The summed E-state index contributed by atoms with van der Waals surface area (Å²) < 4.78 is 10.1. The summed E-state index contributed by atoms with van der Waals surface area (Å²) in [5.41, 5.74) is 5.57. The Balaban J connectivity index is 3.36. The van der Waals surface area contributed by atoms with E-state index < -0.39 is 60.5 Å². The minimum Gasteiger partial charge on any atom is -0.466 e. The van der Waals surface area contributed by atoms with Crippen LogP contribution in [-0.2, 0) is 28.7 Å². The molecule has 0 aliphatic carbocycles. The summed E-state index contributed by atoms with van der Waals surface area (Å²) in [6.45, 7) is 7.63. The molecule has 0 heterocycles. The molecule has 37 heavy (non-hydrogen) atoms. The zero-order valence-electron chi connectivity index (χ0n) is 22.0. The van der Waals surface area contributed by atoms with Gasteiger partial charge in [-0.1, -0.05) is 24.3 Å². The Labute approximate surface area is 216 Å². The third-order valence-corrected chi connectivity index (χ3v) is 5.00. The van der Waals surface area contributed by atoms with Gasteiger partial charge in [-0.3, -0.25) is 19.2 Å². The number of hydrogen-bond donors (Lipinski definition) is 4. The molecule has 0 aliphatic heterocycles. The third-order valence-electron chi connectivity index (χ3n) is 5.00. The predicted molar refractivity (Wildman–Crippen MR) is 134 cm³/mol. The highest BCUT2D eigenvalue weighted by molar-refractivity contribution is 5.94. The van der Waals surface area contributed by atoms with Gasteiger partial charge in [-0.05, 0) is 45.7 Å². The molecule has 0 radical (unpaired) electrons. The number of hydrogen-bond acceptors (Lipinski definition) is 8. The van der Waals surface area contributed by atoms with Crippen molar-refractivity contribution in [2.45, 2.75) is 65.1 Å². The number of aliphatic hydroxyl groups is 1. The van der Waals surface area contributed by atoms with Crippen LogP contribution in [0.2, 0.25) is 0 Å². The summed E-state index contributed by atoms with van der Waals surface area (Å²) in [6, 6.07) is 4.12. The van der Waals surface area contributed by atoms with E-state index in [2.05, 4.69) is 10.6 Å². The van der Waals surface area contributed by atoms with Gasteiger partial charge in [-0.25, -0.2) is 4.79 Å². The Morgan fingerprint density at radius 2 is 1.78 bits per heavy atom. The standard InChI is InChI=1S/C25H38N4O8/c1-6-36-20(32)11-12-27-22(33)21(17-10-8-7-9-16(17)2)29(13-14-30)23(34)18(15-19(26)31)28-24(35)37-25(3,4)5/h7-10,18,21,30H,6,11-15H2,1-5H3,(H2,26,31)(H,27,33)(H,28,35). The molecule has 5 N–H and O–H groups in total. The number of carbonyl (C=O) groups is 5. The maximum absolute atomic E-state index is 13.7. The van der Waals surface area contributed by atoms with E-state index in [9.17, 15) is 29.1 Å². The van der Waals surface area contributed by atoms with Crippen LogP contribution in [0.3, 0.4) is 0 Å². The Hall–Kier alpha value is -3.67. The fraction of sp³-hybridized carbons (Fsp3) is 0.560. The van der Waals surface area contributed by atoms with Crippen molar-refractivity contribution in [1.29, 1.82) is 0 Å². The van der Waals surface area contributed by atoms with Gasteiger partial charge < -0.3 is 35.8 Å². The van der Waals surface area contributed by atoms with Gasteiger partial charge in [0.1, 0.15) is 17.7 Å². The van der Waals surface area contributed by atoms with Crippen molar-refractivity contribution in [3.8, 4) is 0 Å². The number of nitrogens with one attached hydrogen (secondary N) is 2. The number of primary amides is 1. The number of benzene rings is 1. The zero-order valence-corrected chi connectivity index (χ0v) is 22.0. The molecule has 0 aromatic heterocycles. The first-order chi connectivity index (χ1) is 17.3. The number of carbonyl (C=O) groups excluding carboxylic acids is 5. The molecule has 0 fully saturated rings. The molecule has 0 aliphatic rings. The van der Waals surface area contributed by atoms with Gasteiger partial charge in [0.15, 0.2) is 0 Å². The van der Waals surface area contributed by atoms with Crippen molar-refractivity contribution in [3.05, 3.63) is 35.4 Å². The number of esters is 1. The highest BCUT2D eigenvalue weighted by atomic mass is 16.6. The van der Waals surface area contributed by atoms with Crippen LogP contribution in [0.5, 0.6) is 0 Å². The van der Waals surface area contributed by atoms with Gasteiger partial charge in [0.2, 0.25) is 17.7 Å². The molecule has 2 atom stereocenters. The molecule has 2 unspecified atom stereocenters. The highest BCUT2D eigenvalue weighted by Gasteiger charge is 2.37. The molecule has 1 aromatic rings. The van der Waals surface area contributed by atoms with Crippen molar-refractivity contribution in [2.75, 3.05) is 26.3 Å². The van der Waals surface area contributed by atoms with E-state index in [4.69, 9.17) is 15.2 Å². The fourth-order valence-corrected chi connectivity index (χ4v) is 3.49. The predicted octanol–water partition coefficient (Wildman–Crippen LogP) is 0.695. The number of alkyl carbamates (subject to hydrolysis) is 1. The highest BCUT2D eigenvalue weighted by Crippen LogP contribution is 2.25. The second-order valence-electron chi connectivity index (χ2n) is 9.23. The van der Waals surface area contributed by atoms with Crippen molar-refractivity contribution >= 4 is 29.8 Å². The number of amides is 4. The van der Waals surface area contributed by atoms with E-state index in [1.807, 2.05) is 0 Å². The smallest absolute Gasteiger partial charge is 0.408 e. The zero-order chi connectivity index (χ0) is 28.2. The van der Waals surface area contributed by atoms with Crippen molar-refractivity contribution in [2.24, 2.45) is 5.73 Å². The summed E-state index contributed by atoms with van der Waals surface area (Å²) in [6.07, 6.45) is -1.61. The van der Waals surface area contributed by atoms with Crippen LogP contribution in [0.4, 0.5) is 4.79 Å². The first-order valence-electron chi connectivity index (χ1n) is 12.0. The molecule has 0 saturated heterocycles. The lowest BCUT2D eigenvalue weighted by Crippen LogP contribution is -2.54. The van der Waals surface area contributed by atoms with Crippen LogP contribution in [0, 0.1) is 6.92 Å². The number of nitrogens with zero attached hydrogens (tertiary/aromatic N) is 1. The number of aryl methyl sites for hydroxylation is 1. The van der Waals surface area contributed by atoms with Gasteiger partial charge in [0.05, 0.1) is 26.1 Å². The van der Waals surface area contributed by atoms with Gasteiger partial charge in [-0.15, -0.1) is 0 Å². The molecule has 0 bridgehead atoms. The maximum atomic E-state index is 13.7. The lowest BCUT2D eigenvalue weighted by atomic mass is 9.97. The molecule has 12 nitrogen and oxygen atoms in total. The minimum atomic E-state index is -1.46. The summed E-state index contributed by atoms with van der Waals surface area (Å²) in [7, 11) is 0. The third kappa shape index (κ3) is 10.9. The molecule has 12 heteroatoms. The molecule has 206 valence electrons. The van der Waals surface area contributed by atoms with Crippen LogP contribution in [0.25, 0.3) is 0 Å². The summed E-state index contributed by atoms with van der Waals surface area (Å²) >= 11 is 0. The number of ether oxygens (including phenoxy) is 2. The largest absolute Gasteiger partial charge is 0.466 e. The van der Waals surface area contributed by atoms with Crippen LogP contribution in [-0.4, -0.2) is 77.7 Å². The lowest BCUT2D eigenvalue weighted by molar-refractivity contribution is -0.145. The van der Waals surface area contributed by atoms with E-state index >= 15 is 0 Å². The first kappa shape index (κ1) is 31.4. The Morgan fingerprint density at radius 1 is 1.14 bits per heavy atom. The average Bonchev–Trinajstić information content (AvgIpc) is 2.77. The number of rotatable bonds is 13. The van der Waals surface area contributed by atoms with Crippen molar-refractivity contribution < 1.29 is 38.6 Å². The van der Waals surface area contributed by atoms with E-state index in [0.29, 0.717) is 11.1 Å². The van der Waals surface area contributed by atoms with Gasteiger partial charge in [-0.2, -0.15) is 0 Å². The molecule has 1 aromatic carbocycles. The molecular weight excluding hydrogens is 484 g/mol. The van der Waals surface area contributed by atoms with Gasteiger partial charge >= 0.3 is 12.1 Å². The fourth-order valence-electron chi connectivity index (χ4n) is 3.49. The topological polar surface area (TPSA) is 177 Å². The van der Waals surface area contributed by atoms with E-state index in [1.165, 1.54) is 0 Å². The summed E-state index contributed by atoms with van der Waals surface area (Å²) in [5.74, 6) is -2.82. The molecule has 0 spiro atoms. The quantitative estimate of drug-likeness (QED) is 0.273. The van der Waals surface area contributed by atoms with Crippen LogP contribution >= 0.6 is 0 Å². The molecular formula is C25H38N4O8. The van der Waals surface area contributed by atoms with Crippen LogP contribution in [0.1, 0.15) is 57.7 Å². The summed E-state index contributed by atoms with van der Waals surface area (Å²) in [5, 5.41) is 14.7. The minimum absolute atomic E-state index is 0.0535. The van der Waals surface area contributed by atoms with Crippen LogP contribution in [0.15, 0.2) is 24.3 Å². The van der Waals surface area contributed by atoms with Crippen LogP contribution < -0.4 is 16.4 Å². The average molecular weight is 523 g/mol. The Morgan fingerprint density at radius 3 is 2.32 bits per heavy atom. The normalized spacial score (nSPS) is 12.6. The lowest BCUT2D eigenvalue weighted by Gasteiger charge is -2.34. The second-order valence-corrected chi connectivity index (χ2v) is 9.23.